The molecule has 1 aliphatic heterocycles. The third kappa shape index (κ3) is 3.22. The Labute approximate surface area is 108 Å². The van der Waals surface area contributed by atoms with Crippen LogP contribution < -0.4 is 10.0 Å². The van der Waals surface area contributed by atoms with Crippen molar-refractivity contribution in [1.82, 2.24) is 4.72 Å². The molecule has 1 heterocycles. The summed E-state index contributed by atoms with van der Waals surface area (Å²) in [5.74, 6) is 0.509. The lowest BCUT2D eigenvalue weighted by Gasteiger charge is -2.11. The van der Waals surface area contributed by atoms with Gasteiger partial charge in [0.2, 0.25) is 10.0 Å². The lowest BCUT2D eigenvalue weighted by atomic mass is 10.1. The fraction of sp³-hybridized carbons (Fsp3) is 0.500. The summed E-state index contributed by atoms with van der Waals surface area (Å²) in [6.07, 6.45) is 1.06. The third-order valence-corrected chi connectivity index (χ3v) is 4.44. The van der Waals surface area contributed by atoms with Crippen molar-refractivity contribution in [2.24, 2.45) is 5.92 Å². The molecule has 0 amide bonds. The standard InChI is InChI=1S/C12H18N2O3S/c1-13-18(15,16)12-4-2-3-11(7-12)14-8-10-5-6-17-9-10/h2-4,7,10,13-14H,5-6,8-9H2,1H3. The van der Waals surface area contributed by atoms with Crippen molar-refractivity contribution in [2.45, 2.75) is 11.3 Å². The van der Waals surface area contributed by atoms with E-state index in [0.29, 0.717) is 5.92 Å². The van der Waals surface area contributed by atoms with Crippen molar-refractivity contribution in [2.75, 3.05) is 32.1 Å². The molecule has 1 unspecified atom stereocenters. The molecule has 1 fully saturated rings. The number of ether oxygens (including phenoxy) is 1. The van der Waals surface area contributed by atoms with E-state index < -0.39 is 10.0 Å². The van der Waals surface area contributed by atoms with Gasteiger partial charge in [-0.2, -0.15) is 0 Å². The van der Waals surface area contributed by atoms with Gasteiger partial charge in [0.05, 0.1) is 11.5 Å². The van der Waals surface area contributed by atoms with Crippen LogP contribution in [0.2, 0.25) is 0 Å². The van der Waals surface area contributed by atoms with Crippen LogP contribution in [0.3, 0.4) is 0 Å². The lowest BCUT2D eigenvalue weighted by molar-refractivity contribution is 0.187. The predicted molar refractivity (Wildman–Crippen MR) is 70.1 cm³/mol. The maximum Gasteiger partial charge on any atom is 0.240 e. The van der Waals surface area contributed by atoms with Crippen LogP contribution in [0.25, 0.3) is 0 Å². The molecule has 2 rings (SSSR count). The SMILES string of the molecule is CNS(=O)(=O)c1cccc(NCC2CCOC2)c1. The van der Waals surface area contributed by atoms with E-state index in [9.17, 15) is 8.42 Å². The minimum atomic E-state index is -3.37. The van der Waals surface area contributed by atoms with Gasteiger partial charge in [0, 0.05) is 24.8 Å². The van der Waals surface area contributed by atoms with Gasteiger partial charge in [0.1, 0.15) is 0 Å². The van der Waals surface area contributed by atoms with Crippen LogP contribution >= 0.6 is 0 Å². The number of sulfonamides is 1. The van der Waals surface area contributed by atoms with Crippen molar-refractivity contribution < 1.29 is 13.2 Å². The van der Waals surface area contributed by atoms with Gasteiger partial charge in [-0.3, -0.25) is 0 Å². The first-order valence-corrected chi connectivity index (χ1v) is 7.45. The van der Waals surface area contributed by atoms with Crippen LogP contribution in [0.5, 0.6) is 0 Å². The highest BCUT2D eigenvalue weighted by atomic mass is 32.2. The molecule has 1 aromatic rings. The summed E-state index contributed by atoms with van der Waals surface area (Å²) < 4.78 is 30.9. The minimum Gasteiger partial charge on any atom is -0.385 e. The summed E-state index contributed by atoms with van der Waals surface area (Å²) in [7, 11) is -1.96. The molecule has 0 bridgehead atoms. The van der Waals surface area contributed by atoms with Gasteiger partial charge in [-0.25, -0.2) is 13.1 Å². The Bertz CT molecular complexity index is 496. The molecule has 1 aromatic carbocycles. The molecule has 0 spiro atoms. The Hall–Kier alpha value is -1.11. The molecule has 18 heavy (non-hydrogen) atoms. The predicted octanol–water partition coefficient (Wildman–Crippen LogP) is 1.04. The van der Waals surface area contributed by atoms with E-state index in [2.05, 4.69) is 10.0 Å². The maximum absolute atomic E-state index is 11.7. The van der Waals surface area contributed by atoms with Crippen molar-refractivity contribution >= 4 is 15.7 Å². The Morgan fingerprint density at radius 3 is 2.94 bits per heavy atom. The van der Waals surface area contributed by atoms with E-state index in [1.807, 2.05) is 6.07 Å². The van der Waals surface area contributed by atoms with Crippen molar-refractivity contribution in [3.63, 3.8) is 0 Å². The van der Waals surface area contributed by atoms with Gasteiger partial charge in [0.15, 0.2) is 0 Å². The first-order chi connectivity index (χ1) is 8.62. The summed E-state index contributed by atoms with van der Waals surface area (Å²) in [5.41, 5.74) is 0.818. The molecule has 2 N–H and O–H groups in total. The average Bonchev–Trinajstić information content (AvgIpc) is 2.90. The second kappa shape index (κ2) is 5.69. The largest absolute Gasteiger partial charge is 0.385 e. The van der Waals surface area contributed by atoms with E-state index >= 15 is 0 Å². The van der Waals surface area contributed by atoms with E-state index in [-0.39, 0.29) is 4.90 Å². The monoisotopic (exact) mass is 270 g/mol. The molecular weight excluding hydrogens is 252 g/mol. The molecule has 1 saturated heterocycles. The number of hydrogen-bond acceptors (Lipinski definition) is 4. The first kappa shape index (κ1) is 13.3. The van der Waals surface area contributed by atoms with E-state index in [4.69, 9.17) is 4.74 Å². The smallest absolute Gasteiger partial charge is 0.240 e. The van der Waals surface area contributed by atoms with Crippen LogP contribution in [0, 0.1) is 5.92 Å². The summed E-state index contributed by atoms with van der Waals surface area (Å²) in [6.45, 7) is 2.41. The highest BCUT2D eigenvalue weighted by molar-refractivity contribution is 7.89. The Kier molecular flexibility index (Phi) is 4.21. The number of anilines is 1. The van der Waals surface area contributed by atoms with E-state index in [0.717, 1.165) is 31.9 Å². The normalized spacial score (nSPS) is 19.9. The number of hydrogen-bond donors (Lipinski definition) is 2. The van der Waals surface area contributed by atoms with Gasteiger partial charge >= 0.3 is 0 Å². The zero-order valence-corrected chi connectivity index (χ0v) is 11.2. The van der Waals surface area contributed by atoms with Crippen LogP contribution in [0.15, 0.2) is 29.2 Å². The summed E-state index contributed by atoms with van der Waals surface area (Å²) >= 11 is 0. The second-order valence-corrected chi connectivity index (χ2v) is 6.23. The first-order valence-electron chi connectivity index (χ1n) is 5.97. The van der Waals surface area contributed by atoms with Crippen LogP contribution in [-0.2, 0) is 14.8 Å². The van der Waals surface area contributed by atoms with Crippen LogP contribution in [-0.4, -0.2) is 35.2 Å². The molecule has 1 aliphatic rings. The van der Waals surface area contributed by atoms with E-state index in [1.54, 1.807) is 18.2 Å². The molecule has 0 radical (unpaired) electrons. The highest BCUT2D eigenvalue weighted by Gasteiger charge is 2.16. The lowest BCUT2D eigenvalue weighted by Crippen LogP contribution is -2.19. The molecule has 0 aromatic heterocycles. The fourth-order valence-corrected chi connectivity index (χ4v) is 2.67. The number of rotatable bonds is 5. The summed E-state index contributed by atoms with van der Waals surface area (Å²) in [5, 5.41) is 3.25. The molecule has 100 valence electrons. The zero-order chi connectivity index (χ0) is 13.0. The van der Waals surface area contributed by atoms with Crippen molar-refractivity contribution in [1.29, 1.82) is 0 Å². The molecule has 0 aliphatic carbocycles. The minimum absolute atomic E-state index is 0.276. The topological polar surface area (TPSA) is 67.4 Å². The fourth-order valence-electron chi connectivity index (χ4n) is 1.90. The number of benzene rings is 1. The number of nitrogens with one attached hydrogen (secondary N) is 2. The van der Waals surface area contributed by atoms with Crippen molar-refractivity contribution in [3.05, 3.63) is 24.3 Å². The zero-order valence-electron chi connectivity index (χ0n) is 10.3. The molecular formula is C12H18N2O3S. The summed E-state index contributed by atoms with van der Waals surface area (Å²) in [6, 6.07) is 6.82. The molecule has 5 nitrogen and oxygen atoms in total. The summed E-state index contributed by atoms with van der Waals surface area (Å²) in [4.78, 5) is 0.276. The van der Waals surface area contributed by atoms with Crippen molar-refractivity contribution in [3.8, 4) is 0 Å². The Morgan fingerprint density at radius 1 is 1.44 bits per heavy atom. The highest BCUT2D eigenvalue weighted by Crippen LogP contribution is 2.17. The maximum atomic E-state index is 11.7. The Balaban J connectivity index is 2.03. The quantitative estimate of drug-likeness (QED) is 0.839. The molecule has 1 atom stereocenters. The molecule has 6 heteroatoms. The molecule has 0 saturated carbocycles. The van der Waals surface area contributed by atoms with Crippen LogP contribution in [0.1, 0.15) is 6.42 Å². The van der Waals surface area contributed by atoms with Gasteiger partial charge in [0.25, 0.3) is 0 Å². The second-order valence-electron chi connectivity index (χ2n) is 4.35. The van der Waals surface area contributed by atoms with Crippen LogP contribution in [0.4, 0.5) is 5.69 Å². The third-order valence-electron chi connectivity index (χ3n) is 3.03. The van der Waals surface area contributed by atoms with E-state index in [1.165, 1.54) is 7.05 Å². The van der Waals surface area contributed by atoms with Gasteiger partial charge < -0.3 is 10.1 Å². The van der Waals surface area contributed by atoms with Gasteiger partial charge in [-0.1, -0.05) is 6.07 Å². The average molecular weight is 270 g/mol. The van der Waals surface area contributed by atoms with Gasteiger partial charge in [-0.15, -0.1) is 0 Å². The Morgan fingerprint density at radius 2 is 2.28 bits per heavy atom. The van der Waals surface area contributed by atoms with Gasteiger partial charge in [-0.05, 0) is 31.7 Å².